The van der Waals surface area contributed by atoms with Gasteiger partial charge in [-0.25, -0.2) is 0 Å². The largest absolute Gasteiger partial charge is 0.493 e. The van der Waals surface area contributed by atoms with Gasteiger partial charge in [0.25, 0.3) is 0 Å². The van der Waals surface area contributed by atoms with Gasteiger partial charge in [-0.1, -0.05) is 93.5 Å². The summed E-state index contributed by atoms with van der Waals surface area (Å²) in [5.41, 5.74) is 3.35. The molecule has 0 unspecified atom stereocenters. The fraction of sp³-hybridized carbons (Fsp3) is 0.600. The first kappa shape index (κ1) is 27.6. The van der Waals surface area contributed by atoms with Crippen LogP contribution < -0.4 is 9.47 Å². The van der Waals surface area contributed by atoms with Gasteiger partial charge < -0.3 is 9.47 Å². The van der Waals surface area contributed by atoms with Crippen LogP contribution in [0, 0.1) is 10.8 Å². The molecular formula is C30H46O2S. The Kier molecular flexibility index (Phi) is 9.01. The van der Waals surface area contributed by atoms with Gasteiger partial charge in [0.05, 0.1) is 13.2 Å². The van der Waals surface area contributed by atoms with Crippen LogP contribution in [-0.4, -0.2) is 24.7 Å². The zero-order valence-corrected chi connectivity index (χ0v) is 23.5. The quantitative estimate of drug-likeness (QED) is 0.324. The first-order chi connectivity index (χ1) is 15.2. The monoisotopic (exact) mass is 470 g/mol. The fourth-order valence-corrected chi connectivity index (χ4v) is 3.95. The molecule has 0 bridgehead atoms. The number of thioether (sulfide) groups is 1. The van der Waals surface area contributed by atoms with Gasteiger partial charge in [-0.3, -0.25) is 0 Å². The second kappa shape index (κ2) is 10.8. The van der Waals surface area contributed by atoms with E-state index >= 15 is 0 Å². The summed E-state index contributed by atoms with van der Waals surface area (Å²) in [5.74, 6) is 3.80. The van der Waals surface area contributed by atoms with Gasteiger partial charge in [-0.05, 0) is 57.1 Å². The van der Waals surface area contributed by atoms with E-state index in [1.54, 1.807) is 0 Å². The molecular weight excluding hydrogens is 424 g/mol. The number of hydrogen-bond donors (Lipinski definition) is 0. The summed E-state index contributed by atoms with van der Waals surface area (Å²) < 4.78 is 11.9. The van der Waals surface area contributed by atoms with Crippen molar-refractivity contribution in [3.63, 3.8) is 0 Å². The Bertz CT molecular complexity index is 777. The van der Waals surface area contributed by atoms with Crippen LogP contribution in [0.1, 0.15) is 80.4 Å². The van der Waals surface area contributed by atoms with Crippen molar-refractivity contribution in [1.82, 2.24) is 0 Å². The second-order valence-corrected chi connectivity index (χ2v) is 13.3. The summed E-state index contributed by atoms with van der Waals surface area (Å²) in [6.45, 7) is 24.4. The Hall–Kier alpha value is -1.61. The topological polar surface area (TPSA) is 18.5 Å². The Morgan fingerprint density at radius 1 is 0.515 bits per heavy atom. The predicted octanol–water partition coefficient (Wildman–Crippen LogP) is 8.53. The molecule has 0 aliphatic carbocycles. The molecule has 0 aromatic heterocycles. The van der Waals surface area contributed by atoms with E-state index in [4.69, 9.17) is 9.47 Å². The van der Waals surface area contributed by atoms with Crippen molar-refractivity contribution in [2.75, 3.05) is 24.7 Å². The highest BCUT2D eigenvalue weighted by atomic mass is 32.2. The summed E-state index contributed by atoms with van der Waals surface area (Å²) in [7, 11) is 0. The molecule has 3 heteroatoms. The lowest BCUT2D eigenvalue weighted by Crippen LogP contribution is -2.33. The molecule has 0 amide bonds. The molecule has 0 atom stereocenters. The van der Waals surface area contributed by atoms with Crippen LogP contribution in [0.2, 0.25) is 0 Å². The Labute approximate surface area is 207 Å². The van der Waals surface area contributed by atoms with E-state index in [1.807, 2.05) is 11.8 Å². The van der Waals surface area contributed by atoms with Gasteiger partial charge in [-0.2, -0.15) is 11.8 Å². The van der Waals surface area contributed by atoms with Gasteiger partial charge in [0, 0.05) is 11.5 Å². The van der Waals surface area contributed by atoms with Crippen molar-refractivity contribution in [1.29, 1.82) is 0 Å². The summed E-state index contributed by atoms with van der Waals surface area (Å²) >= 11 is 1.86. The molecule has 0 saturated carbocycles. The highest BCUT2D eigenvalue weighted by molar-refractivity contribution is 7.99. The average Bonchev–Trinajstić information content (AvgIpc) is 2.72. The van der Waals surface area contributed by atoms with E-state index in [-0.39, 0.29) is 21.7 Å². The van der Waals surface area contributed by atoms with Gasteiger partial charge in [-0.15, -0.1) is 0 Å². The maximum Gasteiger partial charge on any atom is 0.119 e. The summed E-state index contributed by atoms with van der Waals surface area (Å²) in [6.07, 6.45) is 0. The van der Waals surface area contributed by atoms with Crippen molar-refractivity contribution >= 4 is 11.8 Å². The molecule has 0 spiro atoms. The summed E-state index contributed by atoms with van der Waals surface area (Å²) in [4.78, 5) is 0. The minimum atomic E-state index is 0.116. The molecule has 2 rings (SSSR count). The van der Waals surface area contributed by atoms with Crippen LogP contribution in [0.5, 0.6) is 11.5 Å². The number of hydrogen-bond acceptors (Lipinski definition) is 3. The molecule has 0 N–H and O–H groups in total. The van der Waals surface area contributed by atoms with Gasteiger partial charge in [0.15, 0.2) is 0 Å². The summed E-state index contributed by atoms with van der Waals surface area (Å²) in [6, 6.07) is 17.2. The normalized spacial score (nSPS) is 13.2. The number of rotatable bonds is 10. The van der Waals surface area contributed by atoms with Crippen LogP contribution in [0.3, 0.4) is 0 Å². The summed E-state index contributed by atoms with van der Waals surface area (Å²) in [5, 5.41) is 0. The Morgan fingerprint density at radius 3 is 1.09 bits per heavy atom. The molecule has 0 fully saturated rings. The molecule has 0 aliphatic rings. The predicted molar refractivity (Wildman–Crippen MR) is 146 cm³/mol. The third-order valence-corrected chi connectivity index (χ3v) is 8.81. The first-order valence-electron chi connectivity index (χ1n) is 12.2. The van der Waals surface area contributed by atoms with Crippen molar-refractivity contribution < 1.29 is 9.47 Å². The second-order valence-electron chi connectivity index (χ2n) is 12.1. The van der Waals surface area contributed by atoms with Crippen molar-refractivity contribution in [2.24, 2.45) is 10.8 Å². The highest BCUT2D eigenvalue weighted by Gasteiger charge is 2.35. The van der Waals surface area contributed by atoms with E-state index in [2.05, 4.69) is 118 Å². The third kappa shape index (κ3) is 7.18. The minimum Gasteiger partial charge on any atom is -0.493 e. The van der Waals surface area contributed by atoms with E-state index in [1.165, 1.54) is 11.1 Å². The maximum atomic E-state index is 5.93. The molecule has 0 radical (unpaired) electrons. The molecule has 0 heterocycles. The maximum absolute atomic E-state index is 5.93. The molecule has 184 valence electrons. The third-order valence-electron chi connectivity index (χ3n) is 7.89. The Balaban J connectivity index is 1.68. The molecule has 0 saturated heterocycles. The van der Waals surface area contributed by atoms with E-state index in [9.17, 15) is 0 Å². The highest BCUT2D eigenvalue weighted by Crippen LogP contribution is 2.42. The molecule has 2 aromatic rings. The minimum absolute atomic E-state index is 0.116. The standard InChI is InChI=1S/C30H46O2S/c1-27(2,3)29(7,8)23-11-15-25(16-12-23)31-19-21-33-22-20-32-26-17-13-24(14-18-26)30(9,10)28(4,5)6/h11-18H,19-22H2,1-10H3. The number of ether oxygens (including phenoxy) is 2. The zero-order valence-electron chi connectivity index (χ0n) is 22.7. The van der Waals surface area contributed by atoms with Crippen LogP contribution in [-0.2, 0) is 10.8 Å². The van der Waals surface area contributed by atoms with Gasteiger partial charge >= 0.3 is 0 Å². The van der Waals surface area contributed by atoms with Crippen molar-refractivity contribution in [2.45, 2.75) is 80.1 Å². The molecule has 2 aromatic carbocycles. The zero-order chi connectivity index (χ0) is 24.9. The average molecular weight is 471 g/mol. The van der Waals surface area contributed by atoms with Crippen molar-refractivity contribution in [3.05, 3.63) is 59.7 Å². The first-order valence-corrected chi connectivity index (χ1v) is 13.4. The number of benzene rings is 2. The van der Waals surface area contributed by atoms with Crippen LogP contribution in [0.4, 0.5) is 0 Å². The van der Waals surface area contributed by atoms with E-state index in [0.29, 0.717) is 13.2 Å². The smallest absolute Gasteiger partial charge is 0.119 e. The molecule has 0 aliphatic heterocycles. The van der Waals surface area contributed by atoms with E-state index < -0.39 is 0 Å². The lowest BCUT2D eigenvalue weighted by molar-refractivity contribution is 0.225. The van der Waals surface area contributed by atoms with Gasteiger partial charge in [0.1, 0.15) is 11.5 Å². The van der Waals surface area contributed by atoms with Crippen LogP contribution in [0.15, 0.2) is 48.5 Å². The lowest BCUT2D eigenvalue weighted by atomic mass is 9.65. The van der Waals surface area contributed by atoms with E-state index in [0.717, 1.165) is 23.0 Å². The van der Waals surface area contributed by atoms with Crippen LogP contribution >= 0.6 is 11.8 Å². The van der Waals surface area contributed by atoms with Crippen LogP contribution in [0.25, 0.3) is 0 Å². The molecule has 33 heavy (non-hydrogen) atoms. The SMILES string of the molecule is CC(C)(C)C(C)(C)c1ccc(OCCSCCOc2ccc(C(C)(C)C(C)(C)C)cc2)cc1. The Morgan fingerprint density at radius 2 is 0.818 bits per heavy atom. The molecule has 2 nitrogen and oxygen atoms in total. The van der Waals surface area contributed by atoms with Gasteiger partial charge in [0.2, 0.25) is 0 Å². The fourth-order valence-electron chi connectivity index (χ4n) is 3.34. The lowest BCUT2D eigenvalue weighted by Gasteiger charge is -2.39. The van der Waals surface area contributed by atoms with Crippen molar-refractivity contribution in [3.8, 4) is 11.5 Å².